The number of carbonyl (C=O) groups excluding carboxylic acids is 2. The molecule has 1 aliphatic rings. The maximum absolute atomic E-state index is 13.9. The first-order chi connectivity index (χ1) is 11.4. The topological polar surface area (TPSA) is 55.8 Å². The smallest absolute Gasteiger partial charge is 0.338 e. The Hall–Kier alpha value is -1.73. The molecule has 0 radical (unpaired) electrons. The van der Waals surface area contributed by atoms with Crippen LogP contribution in [0.3, 0.4) is 0 Å². The first-order valence-corrected chi connectivity index (χ1v) is 11.1. The standard InChI is InChI=1S/C18H26FNO4Si/c1-18(2,3)25(6,7)24-14-10-20(4)13-9-11(19)8-12(17(22)23-5)15(13)16(14)21/h8-9,14H,10H2,1-7H3. The number of carbonyl (C=O) groups is 2. The van der Waals surface area contributed by atoms with Crippen LogP contribution in [0.5, 0.6) is 0 Å². The van der Waals surface area contributed by atoms with Crippen molar-refractivity contribution in [2.45, 2.75) is 45.0 Å². The molecule has 25 heavy (non-hydrogen) atoms. The van der Waals surface area contributed by atoms with Crippen LogP contribution in [0.25, 0.3) is 0 Å². The molecule has 1 aromatic carbocycles. The Morgan fingerprint density at radius 1 is 1.32 bits per heavy atom. The van der Waals surface area contributed by atoms with Gasteiger partial charge in [-0.1, -0.05) is 20.8 Å². The maximum Gasteiger partial charge on any atom is 0.338 e. The van der Waals surface area contributed by atoms with Gasteiger partial charge in [0.25, 0.3) is 0 Å². The number of likely N-dealkylation sites (N-methyl/N-ethyl adjacent to an activating group) is 1. The van der Waals surface area contributed by atoms with Crippen molar-refractivity contribution in [1.29, 1.82) is 0 Å². The maximum atomic E-state index is 13.9. The summed E-state index contributed by atoms with van der Waals surface area (Å²) in [5.41, 5.74) is 0.504. The summed E-state index contributed by atoms with van der Waals surface area (Å²) in [4.78, 5) is 26.9. The molecule has 0 fully saturated rings. The molecule has 138 valence electrons. The van der Waals surface area contributed by atoms with Crippen molar-refractivity contribution in [2.75, 3.05) is 25.6 Å². The first kappa shape index (κ1) is 19.6. The van der Waals surface area contributed by atoms with Gasteiger partial charge in [0, 0.05) is 7.05 Å². The minimum absolute atomic E-state index is 0.0555. The van der Waals surface area contributed by atoms with E-state index in [0.29, 0.717) is 12.2 Å². The number of hydrogen-bond donors (Lipinski definition) is 0. The Morgan fingerprint density at radius 2 is 1.92 bits per heavy atom. The number of benzene rings is 1. The number of esters is 1. The molecule has 0 saturated heterocycles. The van der Waals surface area contributed by atoms with Gasteiger partial charge in [-0.3, -0.25) is 4.79 Å². The zero-order chi connectivity index (χ0) is 19.2. The highest BCUT2D eigenvalue weighted by Gasteiger charge is 2.43. The molecule has 1 unspecified atom stereocenters. The second-order valence-electron chi connectivity index (χ2n) is 7.95. The summed E-state index contributed by atoms with van der Waals surface area (Å²) in [5.74, 6) is -1.61. The van der Waals surface area contributed by atoms with Crippen molar-refractivity contribution in [2.24, 2.45) is 0 Å². The number of ether oxygens (including phenoxy) is 1. The van der Waals surface area contributed by atoms with E-state index < -0.39 is 26.2 Å². The zero-order valence-electron chi connectivity index (χ0n) is 15.9. The fraction of sp³-hybridized carbons (Fsp3) is 0.556. The van der Waals surface area contributed by atoms with E-state index in [1.165, 1.54) is 13.2 Å². The van der Waals surface area contributed by atoms with Crippen LogP contribution in [0.4, 0.5) is 10.1 Å². The molecule has 1 heterocycles. The monoisotopic (exact) mass is 367 g/mol. The predicted molar refractivity (Wildman–Crippen MR) is 97.4 cm³/mol. The third-order valence-electron chi connectivity index (χ3n) is 5.12. The predicted octanol–water partition coefficient (Wildman–Crippen LogP) is 3.64. The number of anilines is 1. The highest BCUT2D eigenvalue weighted by molar-refractivity contribution is 6.74. The van der Waals surface area contributed by atoms with E-state index in [2.05, 4.69) is 33.9 Å². The largest absolute Gasteiger partial charge is 0.465 e. The lowest BCUT2D eigenvalue weighted by Crippen LogP contribution is -2.51. The number of fused-ring (bicyclic) bond motifs is 1. The summed E-state index contributed by atoms with van der Waals surface area (Å²) < 4.78 is 24.9. The molecular weight excluding hydrogens is 341 g/mol. The normalized spacial score (nSPS) is 18.2. The lowest BCUT2D eigenvalue weighted by molar-refractivity contribution is 0.0591. The van der Waals surface area contributed by atoms with Crippen molar-refractivity contribution in [3.63, 3.8) is 0 Å². The number of nitrogens with zero attached hydrogens (tertiary/aromatic N) is 1. The molecule has 5 nitrogen and oxygen atoms in total. The molecule has 7 heteroatoms. The quantitative estimate of drug-likeness (QED) is 0.603. The van der Waals surface area contributed by atoms with Gasteiger partial charge < -0.3 is 14.1 Å². The molecule has 0 saturated carbocycles. The van der Waals surface area contributed by atoms with E-state index in [9.17, 15) is 14.0 Å². The molecule has 0 aromatic heterocycles. The summed E-state index contributed by atoms with van der Waals surface area (Å²) in [5, 5.41) is -0.0555. The Labute approximate surface area is 149 Å². The minimum Gasteiger partial charge on any atom is -0.465 e. The summed E-state index contributed by atoms with van der Waals surface area (Å²) in [6, 6.07) is 2.31. The van der Waals surface area contributed by atoms with Gasteiger partial charge in [0.1, 0.15) is 11.9 Å². The van der Waals surface area contributed by atoms with Gasteiger partial charge >= 0.3 is 5.97 Å². The van der Waals surface area contributed by atoms with E-state index in [1.54, 1.807) is 11.9 Å². The van der Waals surface area contributed by atoms with E-state index in [4.69, 9.17) is 9.16 Å². The zero-order valence-corrected chi connectivity index (χ0v) is 16.9. The van der Waals surface area contributed by atoms with Crippen molar-refractivity contribution < 1.29 is 23.1 Å². The molecule has 0 N–H and O–H groups in total. The van der Waals surface area contributed by atoms with Gasteiger partial charge in [0.15, 0.2) is 14.1 Å². The Kier molecular flexibility index (Phi) is 5.12. The molecule has 0 amide bonds. The molecule has 0 bridgehead atoms. The van der Waals surface area contributed by atoms with Crippen LogP contribution >= 0.6 is 0 Å². The van der Waals surface area contributed by atoms with Crippen LogP contribution in [-0.2, 0) is 9.16 Å². The number of rotatable bonds is 3. The molecule has 1 atom stereocenters. The van der Waals surface area contributed by atoms with Crippen molar-refractivity contribution in [3.8, 4) is 0 Å². The molecule has 0 aliphatic carbocycles. The van der Waals surface area contributed by atoms with Crippen LogP contribution in [-0.4, -0.2) is 46.9 Å². The fourth-order valence-electron chi connectivity index (χ4n) is 2.64. The van der Waals surface area contributed by atoms with Crippen LogP contribution in [0.2, 0.25) is 18.1 Å². The van der Waals surface area contributed by atoms with Gasteiger partial charge in [0.2, 0.25) is 0 Å². The number of ketones is 1. The molecule has 1 aromatic rings. The fourth-order valence-corrected chi connectivity index (χ4v) is 3.88. The Morgan fingerprint density at radius 3 is 2.44 bits per heavy atom. The number of hydrogen-bond acceptors (Lipinski definition) is 5. The van der Waals surface area contributed by atoms with Crippen molar-refractivity contribution >= 4 is 25.8 Å². The lowest BCUT2D eigenvalue weighted by Gasteiger charge is -2.42. The number of Topliss-reactive ketones (excluding diaryl/α,β-unsaturated/α-hetero) is 1. The van der Waals surface area contributed by atoms with Crippen LogP contribution in [0, 0.1) is 5.82 Å². The van der Waals surface area contributed by atoms with E-state index in [0.717, 1.165) is 6.07 Å². The summed E-state index contributed by atoms with van der Waals surface area (Å²) in [7, 11) is 0.780. The third kappa shape index (κ3) is 3.62. The lowest BCUT2D eigenvalue weighted by atomic mass is 9.93. The second kappa shape index (κ2) is 6.53. The molecular formula is C18H26FNO4Si. The van der Waals surface area contributed by atoms with Crippen LogP contribution < -0.4 is 4.90 Å². The van der Waals surface area contributed by atoms with E-state index >= 15 is 0 Å². The number of methoxy groups -OCH3 is 1. The first-order valence-electron chi connectivity index (χ1n) is 8.24. The Bertz CT molecular complexity index is 712. The SMILES string of the molecule is COC(=O)c1cc(F)cc2c1C(=O)C(O[Si](C)(C)C(C)(C)C)CN2C. The number of halogens is 1. The van der Waals surface area contributed by atoms with Gasteiger partial charge in [-0.05, 0) is 30.3 Å². The molecule has 2 rings (SSSR count). The van der Waals surface area contributed by atoms with Crippen molar-refractivity contribution in [3.05, 3.63) is 29.1 Å². The van der Waals surface area contributed by atoms with Crippen LogP contribution in [0.1, 0.15) is 41.5 Å². The summed E-state index contributed by atoms with van der Waals surface area (Å²) in [6.07, 6.45) is -0.688. The molecule has 1 aliphatic heterocycles. The second-order valence-corrected chi connectivity index (χ2v) is 12.7. The van der Waals surface area contributed by atoms with E-state index in [-0.39, 0.29) is 21.9 Å². The van der Waals surface area contributed by atoms with Gasteiger partial charge in [-0.2, -0.15) is 0 Å². The average Bonchev–Trinajstić information content (AvgIpc) is 2.49. The van der Waals surface area contributed by atoms with Gasteiger partial charge in [-0.25, -0.2) is 9.18 Å². The van der Waals surface area contributed by atoms with Gasteiger partial charge in [-0.15, -0.1) is 0 Å². The average molecular weight is 367 g/mol. The van der Waals surface area contributed by atoms with Gasteiger partial charge in [0.05, 0.1) is 30.5 Å². The third-order valence-corrected chi connectivity index (χ3v) is 9.61. The minimum atomic E-state index is -2.19. The highest BCUT2D eigenvalue weighted by atomic mass is 28.4. The highest BCUT2D eigenvalue weighted by Crippen LogP contribution is 2.39. The molecule has 0 spiro atoms. The summed E-state index contributed by atoms with van der Waals surface area (Å²) in [6.45, 7) is 10.8. The van der Waals surface area contributed by atoms with Crippen LogP contribution in [0.15, 0.2) is 12.1 Å². The Balaban J connectivity index is 2.50. The van der Waals surface area contributed by atoms with E-state index in [1.807, 2.05) is 0 Å². The van der Waals surface area contributed by atoms with Crippen molar-refractivity contribution in [1.82, 2.24) is 0 Å². The summed E-state index contributed by atoms with van der Waals surface area (Å²) >= 11 is 0.